The van der Waals surface area contributed by atoms with Gasteiger partial charge in [-0.2, -0.15) is 0 Å². The molecule has 0 spiro atoms. The van der Waals surface area contributed by atoms with Crippen molar-refractivity contribution >= 4 is 29.0 Å². The van der Waals surface area contributed by atoms with Gasteiger partial charge in [0.2, 0.25) is 0 Å². The smallest absolute Gasteiger partial charge is 0.160 e. The molecule has 5 rings (SSSR count). The molecule has 2 aliphatic rings. The Labute approximate surface area is 231 Å². The lowest BCUT2D eigenvalue weighted by Gasteiger charge is -2.19. The largest absolute Gasteiger partial charge is 0.497 e. The van der Waals surface area contributed by atoms with Crippen molar-refractivity contribution in [2.45, 2.75) is 13.3 Å². The number of benzene rings is 3. The summed E-state index contributed by atoms with van der Waals surface area (Å²) in [5.41, 5.74) is 8.51. The maximum Gasteiger partial charge on any atom is 0.160 e. The molecule has 0 saturated heterocycles. The second kappa shape index (κ2) is 12.7. The van der Waals surface area contributed by atoms with Crippen molar-refractivity contribution < 1.29 is 14.2 Å². The van der Waals surface area contributed by atoms with Gasteiger partial charge in [-0.1, -0.05) is 79.4 Å². The quantitative estimate of drug-likeness (QED) is 0.289. The molecule has 0 radical (unpaired) electrons. The standard InChI is InChI=1S/C24H22N2O2.C10H12O/c1-4-16-6-5-7-18(12-16)20-15-19-10-11-25-24(19)21(26-20)13-17-8-9-22(27-2)23(14-17)28-3;1-8-4-6-10(7-5-8)9(2)11-3/h4-12,14-15,19H,1,13H2,2-3H3;4-7H,2H2,1,3H3. The zero-order valence-electron chi connectivity index (χ0n) is 23.0. The third-order valence-corrected chi connectivity index (χ3v) is 6.57. The number of nitrogens with zero attached hydrogens (tertiary/aromatic N) is 2. The maximum absolute atomic E-state index is 5.44. The molecule has 5 heteroatoms. The predicted molar refractivity (Wildman–Crippen MR) is 162 cm³/mol. The van der Waals surface area contributed by atoms with Crippen molar-refractivity contribution in [3.63, 3.8) is 0 Å². The fourth-order valence-corrected chi connectivity index (χ4v) is 4.36. The second-order valence-corrected chi connectivity index (χ2v) is 9.18. The van der Waals surface area contributed by atoms with Crippen LogP contribution < -0.4 is 9.47 Å². The van der Waals surface area contributed by atoms with Crippen LogP contribution in [0, 0.1) is 12.8 Å². The average Bonchev–Trinajstić information content (AvgIpc) is 3.46. The lowest BCUT2D eigenvalue weighted by molar-refractivity contribution is 0.354. The lowest BCUT2D eigenvalue weighted by atomic mass is 9.91. The Morgan fingerprint density at radius 1 is 0.949 bits per heavy atom. The first-order valence-electron chi connectivity index (χ1n) is 12.7. The number of methoxy groups -OCH3 is 3. The Kier molecular flexibility index (Phi) is 8.95. The van der Waals surface area contributed by atoms with E-state index < -0.39 is 0 Å². The second-order valence-electron chi connectivity index (χ2n) is 9.18. The van der Waals surface area contributed by atoms with Crippen LogP contribution in [0.1, 0.15) is 27.8 Å². The van der Waals surface area contributed by atoms with Crippen LogP contribution >= 0.6 is 0 Å². The van der Waals surface area contributed by atoms with Crippen LogP contribution in [0.3, 0.4) is 0 Å². The van der Waals surface area contributed by atoms with Gasteiger partial charge in [-0.05, 0) is 42.3 Å². The molecule has 2 heterocycles. The fourth-order valence-electron chi connectivity index (χ4n) is 4.36. The van der Waals surface area contributed by atoms with Gasteiger partial charge >= 0.3 is 0 Å². The summed E-state index contributed by atoms with van der Waals surface area (Å²) in [7, 11) is 4.91. The summed E-state index contributed by atoms with van der Waals surface area (Å²) in [5.74, 6) is 2.31. The molecule has 198 valence electrons. The number of aliphatic imine (C=N–C) groups is 2. The highest BCUT2D eigenvalue weighted by Crippen LogP contribution is 2.31. The van der Waals surface area contributed by atoms with Gasteiger partial charge in [-0.25, -0.2) is 0 Å². The summed E-state index contributed by atoms with van der Waals surface area (Å²) in [5, 5.41) is 0. The maximum atomic E-state index is 5.44. The van der Waals surface area contributed by atoms with Gasteiger partial charge in [-0.15, -0.1) is 0 Å². The summed E-state index contributed by atoms with van der Waals surface area (Å²) in [6.45, 7) is 9.67. The van der Waals surface area contributed by atoms with Crippen LogP contribution in [0.4, 0.5) is 0 Å². The van der Waals surface area contributed by atoms with Crippen molar-refractivity contribution in [2.24, 2.45) is 15.9 Å². The molecule has 0 fully saturated rings. The minimum absolute atomic E-state index is 0.162. The van der Waals surface area contributed by atoms with E-state index in [1.807, 2.05) is 66.9 Å². The number of ether oxygens (including phenoxy) is 3. The molecule has 0 bridgehead atoms. The molecular weight excluding hydrogens is 484 g/mol. The van der Waals surface area contributed by atoms with Gasteiger partial charge in [0.25, 0.3) is 0 Å². The van der Waals surface area contributed by atoms with Gasteiger partial charge in [0.1, 0.15) is 5.76 Å². The highest BCUT2D eigenvalue weighted by molar-refractivity contribution is 6.46. The van der Waals surface area contributed by atoms with E-state index in [0.29, 0.717) is 17.9 Å². The third kappa shape index (κ3) is 6.63. The molecule has 2 aliphatic heterocycles. The topological polar surface area (TPSA) is 52.4 Å². The number of allylic oxidation sites excluding steroid dienone is 2. The van der Waals surface area contributed by atoms with Crippen LogP contribution in [-0.2, 0) is 11.2 Å². The molecule has 1 atom stereocenters. The van der Waals surface area contributed by atoms with E-state index in [0.717, 1.165) is 45.1 Å². The molecule has 0 amide bonds. The van der Waals surface area contributed by atoms with Gasteiger partial charge in [0, 0.05) is 29.7 Å². The summed E-state index contributed by atoms with van der Waals surface area (Å²) < 4.78 is 15.8. The van der Waals surface area contributed by atoms with Crippen LogP contribution in [0.25, 0.3) is 17.5 Å². The van der Waals surface area contributed by atoms with Crippen LogP contribution in [0.15, 0.2) is 108 Å². The Balaban J connectivity index is 0.000000270. The normalized spacial score (nSPS) is 15.1. The van der Waals surface area contributed by atoms with Gasteiger partial charge in [-0.3, -0.25) is 9.98 Å². The van der Waals surface area contributed by atoms with Crippen molar-refractivity contribution in [2.75, 3.05) is 21.3 Å². The Bertz CT molecular complexity index is 1480. The zero-order chi connectivity index (χ0) is 27.8. The summed E-state index contributed by atoms with van der Waals surface area (Å²) in [6, 6.07) is 22.3. The first kappa shape index (κ1) is 27.4. The zero-order valence-corrected chi connectivity index (χ0v) is 23.0. The molecule has 0 aliphatic carbocycles. The minimum atomic E-state index is 0.162. The summed E-state index contributed by atoms with van der Waals surface area (Å²) in [4.78, 5) is 9.53. The molecule has 0 aromatic heterocycles. The minimum Gasteiger partial charge on any atom is -0.497 e. The number of fused-ring (bicyclic) bond motifs is 1. The SMILES string of the molecule is C=C(OC)c1ccc(C)cc1.C=Cc1cccc(C2=CC3C=CN=C3C(Cc3ccc(OC)c(OC)c3)=N2)c1. The molecule has 5 nitrogen and oxygen atoms in total. The first-order chi connectivity index (χ1) is 18.9. The van der Waals surface area contributed by atoms with E-state index in [-0.39, 0.29) is 5.92 Å². The third-order valence-electron chi connectivity index (χ3n) is 6.57. The fraction of sp³-hybridized carbons (Fsp3) is 0.176. The van der Waals surface area contributed by atoms with Crippen molar-refractivity contribution in [1.82, 2.24) is 0 Å². The Morgan fingerprint density at radius 3 is 2.41 bits per heavy atom. The first-order valence-corrected chi connectivity index (χ1v) is 12.7. The summed E-state index contributed by atoms with van der Waals surface area (Å²) in [6.07, 6.45) is 8.67. The highest BCUT2D eigenvalue weighted by atomic mass is 16.5. The van der Waals surface area contributed by atoms with Gasteiger partial charge in [0.05, 0.1) is 38.4 Å². The van der Waals surface area contributed by atoms with Crippen molar-refractivity contribution in [3.05, 3.63) is 126 Å². The Hall–Kier alpha value is -4.64. The highest BCUT2D eigenvalue weighted by Gasteiger charge is 2.26. The van der Waals surface area contributed by atoms with E-state index in [9.17, 15) is 0 Å². The Morgan fingerprint density at radius 2 is 1.72 bits per heavy atom. The van der Waals surface area contributed by atoms with Crippen LogP contribution in [-0.4, -0.2) is 32.8 Å². The summed E-state index contributed by atoms with van der Waals surface area (Å²) >= 11 is 0. The van der Waals surface area contributed by atoms with Crippen molar-refractivity contribution in [3.8, 4) is 11.5 Å². The monoisotopic (exact) mass is 518 g/mol. The molecule has 39 heavy (non-hydrogen) atoms. The number of hydrogen-bond acceptors (Lipinski definition) is 5. The molecule has 1 unspecified atom stereocenters. The molecule has 3 aromatic carbocycles. The number of hydrogen-bond donors (Lipinski definition) is 0. The van der Waals surface area contributed by atoms with Crippen LogP contribution in [0.2, 0.25) is 0 Å². The number of aryl methyl sites for hydroxylation is 1. The van der Waals surface area contributed by atoms with E-state index in [4.69, 9.17) is 19.2 Å². The van der Waals surface area contributed by atoms with Crippen molar-refractivity contribution in [1.29, 1.82) is 0 Å². The molecular formula is C34H34N2O3. The predicted octanol–water partition coefficient (Wildman–Crippen LogP) is 7.58. The average molecular weight is 519 g/mol. The molecule has 3 aromatic rings. The lowest BCUT2D eigenvalue weighted by Crippen LogP contribution is -2.25. The van der Waals surface area contributed by atoms with Crippen LogP contribution in [0.5, 0.6) is 11.5 Å². The molecule has 0 N–H and O–H groups in total. The van der Waals surface area contributed by atoms with E-state index in [1.165, 1.54) is 5.56 Å². The molecule has 0 saturated carbocycles. The van der Waals surface area contributed by atoms with Gasteiger partial charge in [0.15, 0.2) is 11.5 Å². The van der Waals surface area contributed by atoms with E-state index in [2.05, 4.69) is 49.4 Å². The van der Waals surface area contributed by atoms with E-state index >= 15 is 0 Å². The van der Waals surface area contributed by atoms with E-state index in [1.54, 1.807) is 21.3 Å². The number of rotatable bonds is 8. The van der Waals surface area contributed by atoms with Gasteiger partial charge < -0.3 is 14.2 Å².